The highest BCUT2D eigenvalue weighted by Crippen LogP contribution is 2.43. The van der Waals surface area contributed by atoms with E-state index in [9.17, 15) is 9.59 Å². The Hall–Kier alpha value is -3.05. The molecule has 7 heteroatoms. The molecule has 0 saturated carbocycles. The normalized spacial score (nSPS) is 16.8. The summed E-state index contributed by atoms with van der Waals surface area (Å²) in [5.74, 6) is 0.243. The van der Waals surface area contributed by atoms with Crippen LogP contribution in [-0.4, -0.2) is 10.4 Å². The summed E-state index contributed by atoms with van der Waals surface area (Å²) < 4.78 is 1.64. The molecule has 1 aromatic heterocycles. The van der Waals surface area contributed by atoms with Crippen molar-refractivity contribution in [3.63, 3.8) is 0 Å². The summed E-state index contributed by atoms with van der Waals surface area (Å²) in [5.41, 5.74) is 2.45. The number of carbonyl (C=O) groups is 1. The summed E-state index contributed by atoms with van der Waals surface area (Å²) in [7, 11) is 0. The summed E-state index contributed by atoms with van der Waals surface area (Å²) in [6.45, 7) is 0. The molecule has 0 radical (unpaired) electrons. The molecule has 0 bridgehead atoms. The van der Waals surface area contributed by atoms with Crippen molar-refractivity contribution in [2.24, 2.45) is 0 Å². The average Bonchev–Trinajstić information content (AvgIpc) is 3.21. The van der Waals surface area contributed by atoms with Crippen molar-refractivity contribution in [2.75, 3.05) is 5.32 Å². The lowest BCUT2D eigenvalue weighted by Crippen LogP contribution is -2.25. The molecule has 1 aliphatic heterocycles. The van der Waals surface area contributed by atoms with Crippen LogP contribution in [0.4, 0.5) is 5.82 Å². The highest BCUT2D eigenvalue weighted by Gasteiger charge is 2.37. The van der Waals surface area contributed by atoms with Crippen LogP contribution in [0.5, 0.6) is 0 Å². The molecule has 4 nitrogen and oxygen atoms in total. The Morgan fingerprint density at radius 2 is 1.39 bits per heavy atom. The largest absolute Gasteiger partial charge is 0.361 e. The van der Waals surface area contributed by atoms with E-state index >= 15 is 0 Å². The number of nitrogens with one attached hydrogen (secondary N) is 1. The van der Waals surface area contributed by atoms with Crippen LogP contribution in [0, 0.1) is 0 Å². The fourth-order valence-corrected chi connectivity index (χ4v) is 4.70. The van der Waals surface area contributed by atoms with Gasteiger partial charge in [-0.05, 0) is 53.6 Å². The Kier molecular flexibility index (Phi) is 5.75. The summed E-state index contributed by atoms with van der Waals surface area (Å²) in [6.07, 6.45) is 0. The first-order valence-corrected chi connectivity index (χ1v) is 11.4. The van der Waals surface area contributed by atoms with Crippen LogP contribution in [0.2, 0.25) is 15.1 Å². The van der Waals surface area contributed by atoms with Crippen LogP contribution < -0.4 is 10.9 Å². The number of halogens is 3. The highest BCUT2D eigenvalue weighted by atomic mass is 35.5. The lowest BCUT2D eigenvalue weighted by molar-refractivity contribution is 0.103. The zero-order valence-electron chi connectivity index (χ0n) is 17.1. The monoisotopic (exact) mass is 494 g/mol. The summed E-state index contributed by atoms with van der Waals surface area (Å²) >= 11 is 18.3. The van der Waals surface area contributed by atoms with Gasteiger partial charge >= 0.3 is 0 Å². The van der Waals surface area contributed by atoms with E-state index in [1.54, 1.807) is 59.2 Å². The van der Waals surface area contributed by atoms with Crippen molar-refractivity contribution in [2.45, 2.75) is 12.1 Å². The topological polar surface area (TPSA) is 51.1 Å². The van der Waals surface area contributed by atoms with E-state index in [2.05, 4.69) is 5.32 Å². The second-order valence-corrected chi connectivity index (χ2v) is 9.12. The number of hydrogen-bond donors (Lipinski definition) is 1. The van der Waals surface area contributed by atoms with Crippen LogP contribution in [0.3, 0.4) is 0 Å². The fraction of sp³-hybridized carbons (Fsp3) is 0.0769. The number of nitrogens with zero attached hydrogens (tertiary/aromatic N) is 1. The van der Waals surface area contributed by atoms with Crippen molar-refractivity contribution >= 4 is 46.4 Å². The Morgan fingerprint density at radius 1 is 0.758 bits per heavy atom. The second kappa shape index (κ2) is 8.71. The van der Waals surface area contributed by atoms with Gasteiger partial charge < -0.3 is 5.32 Å². The van der Waals surface area contributed by atoms with E-state index in [0.717, 1.165) is 11.1 Å². The molecule has 33 heavy (non-hydrogen) atoms. The molecule has 4 aromatic rings. The van der Waals surface area contributed by atoms with Crippen molar-refractivity contribution in [3.8, 4) is 0 Å². The second-order valence-electron chi connectivity index (χ2n) is 7.81. The molecule has 0 unspecified atom stereocenters. The maximum atomic E-state index is 13.4. The van der Waals surface area contributed by atoms with E-state index < -0.39 is 6.04 Å². The molecule has 2 atom stereocenters. The third kappa shape index (κ3) is 4.06. The van der Waals surface area contributed by atoms with Crippen LogP contribution in [0.25, 0.3) is 0 Å². The number of hydrogen-bond acceptors (Lipinski definition) is 3. The molecule has 0 saturated heterocycles. The number of anilines is 1. The van der Waals surface area contributed by atoms with Crippen LogP contribution in [0.1, 0.15) is 39.1 Å². The summed E-state index contributed by atoms with van der Waals surface area (Å²) in [4.78, 5) is 26.5. The molecule has 1 aliphatic rings. The van der Waals surface area contributed by atoms with Crippen molar-refractivity contribution in [1.29, 1.82) is 0 Å². The lowest BCUT2D eigenvalue weighted by atomic mass is 9.94. The molecular formula is C26H17Cl3N2O2. The average molecular weight is 496 g/mol. The standard InChI is InChI=1S/C26H17Cl3N2O2/c27-18-8-4-15(5-9-18)23-24(16-6-10-19(28)11-7-16)31-22(32)13-12-21(26(31)30-23)25(33)17-2-1-3-20(29)14-17/h1-14,23-24,30H/t23-,24+/m1/s1. The molecule has 2 heterocycles. The zero-order valence-corrected chi connectivity index (χ0v) is 19.4. The minimum absolute atomic E-state index is 0.212. The number of carbonyl (C=O) groups excluding carboxylic acids is 1. The van der Waals surface area contributed by atoms with Crippen LogP contribution in [-0.2, 0) is 0 Å². The Balaban J connectivity index is 1.69. The number of benzene rings is 3. The first-order valence-electron chi connectivity index (χ1n) is 10.3. The first-order chi connectivity index (χ1) is 15.9. The molecular weight excluding hydrogens is 479 g/mol. The number of aromatic nitrogens is 1. The van der Waals surface area contributed by atoms with Gasteiger partial charge in [-0.25, -0.2) is 0 Å². The highest BCUT2D eigenvalue weighted by molar-refractivity contribution is 6.31. The van der Waals surface area contributed by atoms with Gasteiger partial charge in [0.15, 0.2) is 5.78 Å². The predicted octanol–water partition coefficient (Wildman–Crippen LogP) is 6.80. The summed E-state index contributed by atoms with van der Waals surface area (Å²) in [5, 5.41) is 5.13. The molecule has 0 spiro atoms. The van der Waals surface area contributed by atoms with Crippen molar-refractivity contribution < 1.29 is 4.79 Å². The maximum Gasteiger partial charge on any atom is 0.252 e. The van der Waals surface area contributed by atoms with E-state index in [-0.39, 0.29) is 17.4 Å². The number of fused-ring (bicyclic) bond motifs is 1. The van der Waals surface area contributed by atoms with Crippen molar-refractivity contribution in [3.05, 3.63) is 133 Å². The van der Waals surface area contributed by atoms with Gasteiger partial charge in [0.2, 0.25) is 0 Å². The SMILES string of the molecule is O=C(c1cccc(Cl)c1)c1ccc(=O)n2c1N[C@H](c1ccc(Cl)cc1)[C@@H]2c1ccc(Cl)cc1. The number of ketones is 1. The van der Waals surface area contributed by atoms with Gasteiger partial charge in [-0.15, -0.1) is 0 Å². The summed E-state index contributed by atoms with van der Waals surface area (Å²) in [6, 6.07) is 23.9. The zero-order chi connectivity index (χ0) is 23.1. The quantitative estimate of drug-likeness (QED) is 0.317. The molecule has 164 valence electrons. The van der Waals surface area contributed by atoms with Gasteiger partial charge in [0.1, 0.15) is 5.82 Å². The van der Waals surface area contributed by atoms with Gasteiger partial charge in [0.25, 0.3) is 5.56 Å². The maximum absolute atomic E-state index is 13.4. The van der Waals surface area contributed by atoms with Gasteiger partial charge in [0, 0.05) is 26.7 Å². The third-order valence-corrected chi connectivity index (χ3v) is 6.52. The smallest absolute Gasteiger partial charge is 0.252 e. The van der Waals surface area contributed by atoms with Gasteiger partial charge in [0.05, 0.1) is 17.6 Å². The first kappa shape index (κ1) is 21.8. The van der Waals surface area contributed by atoms with E-state index in [4.69, 9.17) is 34.8 Å². The minimum atomic E-state index is -0.391. The molecule has 0 aliphatic carbocycles. The lowest BCUT2D eigenvalue weighted by Gasteiger charge is -2.22. The Labute approximate surface area is 205 Å². The van der Waals surface area contributed by atoms with Crippen molar-refractivity contribution in [1.82, 2.24) is 4.57 Å². The van der Waals surface area contributed by atoms with Gasteiger partial charge in [-0.3, -0.25) is 14.2 Å². The molecule has 1 N–H and O–H groups in total. The van der Waals surface area contributed by atoms with Gasteiger partial charge in [-0.1, -0.05) is 71.2 Å². The fourth-order valence-electron chi connectivity index (χ4n) is 4.26. The van der Waals surface area contributed by atoms with Crippen LogP contribution in [0.15, 0.2) is 89.7 Å². The van der Waals surface area contributed by atoms with E-state index in [1.807, 2.05) is 24.3 Å². The molecule has 0 amide bonds. The van der Waals surface area contributed by atoms with Gasteiger partial charge in [-0.2, -0.15) is 0 Å². The Bertz CT molecular complexity index is 1410. The van der Waals surface area contributed by atoms with E-state index in [1.165, 1.54) is 6.07 Å². The number of rotatable bonds is 4. The van der Waals surface area contributed by atoms with Crippen LogP contribution >= 0.6 is 34.8 Å². The van der Waals surface area contributed by atoms with E-state index in [0.29, 0.717) is 32.0 Å². The minimum Gasteiger partial charge on any atom is -0.361 e. The Morgan fingerprint density at radius 3 is 2.03 bits per heavy atom. The predicted molar refractivity (Wildman–Crippen MR) is 133 cm³/mol. The molecule has 3 aromatic carbocycles. The molecule has 5 rings (SSSR count). The molecule has 0 fully saturated rings. The third-order valence-electron chi connectivity index (χ3n) is 5.78. The number of pyridine rings is 1.